The predicted molar refractivity (Wildman–Crippen MR) is 99.1 cm³/mol. The Balaban J connectivity index is 0.000000816. The van der Waals surface area contributed by atoms with E-state index in [1.54, 1.807) is 0 Å². The average molecular weight is 385 g/mol. The summed E-state index contributed by atoms with van der Waals surface area (Å²) < 4.78 is 0. The number of unbranched alkanes of at least 4 members (excludes halogenated alkanes) is 1. The summed E-state index contributed by atoms with van der Waals surface area (Å²) in [7, 11) is 9.78. The molecule has 0 atom stereocenters. The van der Waals surface area contributed by atoms with Gasteiger partial charge in [-0.05, 0) is 13.8 Å². The second kappa shape index (κ2) is 12.7. The van der Waals surface area contributed by atoms with Crippen molar-refractivity contribution in [2.45, 2.75) is 26.7 Å². The average Bonchev–Trinajstić information content (AvgIpc) is 2.55. The van der Waals surface area contributed by atoms with Crippen LogP contribution in [0.5, 0.6) is 0 Å². The van der Waals surface area contributed by atoms with Crippen LogP contribution in [-0.4, -0.2) is 13.1 Å². The molecule has 0 heterocycles. The molecule has 0 spiro atoms. The Bertz CT molecular complexity index is 515. The van der Waals surface area contributed by atoms with E-state index in [4.69, 9.17) is 18.6 Å². The molecule has 2 nitrogen and oxygen atoms in total. The van der Waals surface area contributed by atoms with Crippen LogP contribution in [-0.2, 0) is 17.0 Å². The van der Waals surface area contributed by atoms with Crippen molar-refractivity contribution in [1.82, 2.24) is 0 Å². The van der Waals surface area contributed by atoms with Gasteiger partial charge in [0.25, 0.3) is 0 Å². The summed E-state index contributed by atoms with van der Waals surface area (Å²) in [4.78, 5) is 0. The summed E-state index contributed by atoms with van der Waals surface area (Å²) in [6, 6.07) is 16.5. The Hall–Kier alpha value is -0.666. The maximum atomic E-state index is 4.89. The van der Waals surface area contributed by atoms with E-state index in [0.717, 1.165) is 37.3 Å². The van der Waals surface area contributed by atoms with Gasteiger partial charge in [0.15, 0.2) is 0 Å². The van der Waals surface area contributed by atoms with Crippen LogP contribution in [0.2, 0.25) is 0 Å². The zero-order valence-electron chi connectivity index (χ0n) is 13.6. The van der Waals surface area contributed by atoms with Crippen molar-refractivity contribution >= 4 is 30.0 Å². The van der Waals surface area contributed by atoms with Crippen LogP contribution in [0, 0.1) is 13.8 Å². The zero-order valence-corrected chi connectivity index (χ0v) is 16.7. The second-order valence-corrected chi connectivity index (χ2v) is 7.69. The number of para-hydroxylation sites is 2. The van der Waals surface area contributed by atoms with E-state index in [0.29, 0.717) is 0 Å². The van der Waals surface area contributed by atoms with E-state index in [-0.39, 0.29) is 0 Å². The molecule has 2 aromatic rings. The van der Waals surface area contributed by atoms with Crippen molar-refractivity contribution in [3.05, 3.63) is 70.3 Å². The van der Waals surface area contributed by atoms with Gasteiger partial charge in [0, 0.05) is 0 Å². The molecule has 0 aliphatic heterocycles. The van der Waals surface area contributed by atoms with Crippen LogP contribution in [0.25, 0.3) is 10.6 Å². The molecule has 0 saturated carbocycles. The van der Waals surface area contributed by atoms with Crippen LogP contribution < -0.4 is 0 Å². The van der Waals surface area contributed by atoms with E-state index >= 15 is 0 Å². The summed E-state index contributed by atoms with van der Waals surface area (Å²) in [5, 5.41) is 9.25. The van der Waals surface area contributed by atoms with E-state index < -0.39 is 17.0 Å². The SMILES string of the molecule is Cc1ccccc1[N-]CCCC[N-]c1ccccc1C.[Cl][Ti][Cl]. The standard InChI is InChI=1S/C18H22N2.2ClH.Ti/c1-15-9-3-5-11-17(15)19-13-7-8-14-20-18-12-6-4-10-16(18)2;;;/h3-6,9-12H,7-8,13-14H2,1-2H3;2*1H;/q-2;;;+2/p-2. The summed E-state index contributed by atoms with van der Waals surface area (Å²) in [6.07, 6.45) is 2.17. The zero-order chi connectivity index (χ0) is 16.9. The van der Waals surface area contributed by atoms with Crippen LogP contribution in [0.4, 0.5) is 11.4 Å². The molecule has 0 bridgehead atoms. The van der Waals surface area contributed by atoms with Crippen LogP contribution in [0.3, 0.4) is 0 Å². The van der Waals surface area contributed by atoms with Gasteiger partial charge in [0.2, 0.25) is 0 Å². The molecular weight excluding hydrogens is 363 g/mol. The first-order valence-corrected chi connectivity index (χ1v) is 11.9. The molecule has 2 rings (SSSR count). The molecule has 124 valence electrons. The van der Waals surface area contributed by atoms with E-state index in [2.05, 4.69) is 60.9 Å². The van der Waals surface area contributed by atoms with Crippen molar-refractivity contribution in [1.29, 1.82) is 0 Å². The van der Waals surface area contributed by atoms with E-state index in [1.165, 1.54) is 11.1 Å². The summed E-state index contributed by atoms with van der Waals surface area (Å²) >= 11 is -0.556. The minimum atomic E-state index is -0.556. The predicted octanol–water partition coefficient (Wildman–Crippen LogP) is 7.17. The van der Waals surface area contributed by atoms with Crippen molar-refractivity contribution in [3.63, 3.8) is 0 Å². The molecule has 0 amide bonds. The first kappa shape index (κ1) is 20.4. The summed E-state index contributed by atoms with van der Waals surface area (Å²) in [5.41, 5.74) is 4.72. The van der Waals surface area contributed by atoms with E-state index in [9.17, 15) is 0 Å². The third kappa shape index (κ3) is 8.67. The Kier molecular flexibility index (Phi) is 11.3. The third-order valence-electron chi connectivity index (χ3n) is 3.36. The van der Waals surface area contributed by atoms with Gasteiger partial charge in [-0.15, -0.1) is 24.5 Å². The Labute approximate surface area is 156 Å². The van der Waals surface area contributed by atoms with Crippen LogP contribution in [0.15, 0.2) is 48.5 Å². The van der Waals surface area contributed by atoms with E-state index in [1.807, 2.05) is 12.1 Å². The molecule has 0 aliphatic carbocycles. The number of hydrogen-bond donors (Lipinski definition) is 0. The molecule has 0 aromatic heterocycles. The van der Waals surface area contributed by atoms with Gasteiger partial charge in [-0.2, -0.15) is 0 Å². The quantitative estimate of drug-likeness (QED) is 0.357. The van der Waals surface area contributed by atoms with Crippen molar-refractivity contribution in [2.75, 3.05) is 13.1 Å². The third-order valence-corrected chi connectivity index (χ3v) is 3.36. The van der Waals surface area contributed by atoms with Crippen LogP contribution in [0.1, 0.15) is 24.0 Å². The van der Waals surface area contributed by atoms with Gasteiger partial charge in [-0.25, -0.2) is 0 Å². The fourth-order valence-electron chi connectivity index (χ4n) is 2.10. The molecule has 0 N–H and O–H groups in total. The normalized spacial score (nSPS) is 9.57. The number of aryl methyl sites for hydroxylation is 2. The van der Waals surface area contributed by atoms with Gasteiger partial charge < -0.3 is 10.6 Å². The first-order chi connectivity index (χ1) is 11.2. The number of rotatable bonds is 7. The Morgan fingerprint density at radius 1 is 0.739 bits per heavy atom. The molecule has 0 radical (unpaired) electrons. The molecule has 0 fully saturated rings. The number of halogens is 2. The molecular formula is C18H22Cl2N2Ti-2. The molecule has 2 aromatic carbocycles. The molecule has 0 unspecified atom stereocenters. The summed E-state index contributed by atoms with van der Waals surface area (Å²) in [6.45, 7) is 5.97. The number of nitrogens with zero attached hydrogens (tertiary/aromatic N) is 2. The van der Waals surface area contributed by atoms with Gasteiger partial charge >= 0.3 is 35.6 Å². The number of benzene rings is 2. The monoisotopic (exact) mass is 384 g/mol. The molecule has 0 saturated heterocycles. The molecule has 5 heteroatoms. The van der Waals surface area contributed by atoms with Gasteiger partial charge in [0.05, 0.1) is 0 Å². The summed E-state index contributed by atoms with van der Waals surface area (Å²) in [5.74, 6) is 0. The minimum absolute atomic E-state index is 0.556. The first-order valence-electron chi connectivity index (χ1n) is 7.61. The number of hydrogen-bond acceptors (Lipinski definition) is 0. The van der Waals surface area contributed by atoms with Crippen molar-refractivity contribution < 1.29 is 17.0 Å². The Morgan fingerprint density at radius 3 is 1.43 bits per heavy atom. The topological polar surface area (TPSA) is 28.2 Å². The molecule has 0 aliphatic rings. The van der Waals surface area contributed by atoms with Crippen LogP contribution >= 0.6 is 18.6 Å². The fourth-order valence-corrected chi connectivity index (χ4v) is 2.10. The maximum absolute atomic E-state index is 4.89. The van der Waals surface area contributed by atoms with Crippen molar-refractivity contribution in [2.24, 2.45) is 0 Å². The van der Waals surface area contributed by atoms with Gasteiger partial charge in [-0.1, -0.05) is 72.5 Å². The second-order valence-electron chi connectivity index (χ2n) is 5.11. The Morgan fingerprint density at radius 2 is 1.09 bits per heavy atom. The molecule has 23 heavy (non-hydrogen) atoms. The van der Waals surface area contributed by atoms with Gasteiger partial charge in [0.1, 0.15) is 0 Å². The van der Waals surface area contributed by atoms with Crippen molar-refractivity contribution in [3.8, 4) is 0 Å². The fraction of sp³-hybridized carbons (Fsp3) is 0.333. The van der Waals surface area contributed by atoms with Gasteiger partial charge in [-0.3, -0.25) is 0 Å².